The molecule has 1 fully saturated rings. The van der Waals surface area contributed by atoms with E-state index in [-0.39, 0.29) is 11.8 Å². The van der Waals surface area contributed by atoms with Gasteiger partial charge in [-0.25, -0.2) is 0 Å². The topological polar surface area (TPSA) is 65.6 Å². The zero-order valence-electron chi connectivity index (χ0n) is 15.5. The van der Waals surface area contributed by atoms with Gasteiger partial charge in [-0.15, -0.1) is 0 Å². The Morgan fingerprint density at radius 1 is 1.00 bits per heavy atom. The number of aromatic nitrogens is 1. The van der Waals surface area contributed by atoms with E-state index in [1.54, 1.807) is 17.0 Å². The highest BCUT2D eigenvalue weighted by molar-refractivity contribution is 5.96. The Bertz CT molecular complexity index is 787. The second-order valence-corrected chi connectivity index (χ2v) is 6.53. The van der Waals surface area contributed by atoms with E-state index in [1.165, 1.54) is 0 Å². The van der Waals surface area contributed by atoms with Crippen molar-refractivity contribution in [1.82, 2.24) is 14.8 Å². The molecule has 1 N–H and O–H groups in total. The maximum atomic E-state index is 12.7. The molecule has 0 radical (unpaired) electrons. The lowest BCUT2D eigenvalue weighted by Crippen LogP contribution is -2.50. The molecule has 1 aromatic heterocycles. The van der Waals surface area contributed by atoms with Gasteiger partial charge < -0.3 is 19.5 Å². The highest BCUT2D eigenvalue weighted by Crippen LogP contribution is 2.17. The molecule has 1 aromatic carbocycles. The van der Waals surface area contributed by atoms with Crippen LogP contribution in [0, 0.1) is 13.8 Å². The van der Waals surface area contributed by atoms with Crippen LogP contribution in [0.4, 0.5) is 0 Å². The number of ether oxygens (including phenoxy) is 1. The zero-order chi connectivity index (χ0) is 18.7. The summed E-state index contributed by atoms with van der Waals surface area (Å²) in [6, 6.07) is 9.09. The first-order valence-corrected chi connectivity index (χ1v) is 8.97. The van der Waals surface area contributed by atoms with Gasteiger partial charge in [-0.2, -0.15) is 0 Å². The maximum absolute atomic E-state index is 12.7. The van der Waals surface area contributed by atoms with Gasteiger partial charge in [-0.3, -0.25) is 9.59 Å². The SMILES string of the molecule is CCOc1ccc(C(=O)N2CCN(C(=O)c3cc(C)[nH]c3C)CC2)cc1. The molecule has 138 valence electrons. The number of amides is 2. The lowest BCUT2D eigenvalue weighted by atomic mass is 10.1. The Morgan fingerprint density at radius 2 is 1.58 bits per heavy atom. The first-order chi connectivity index (χ1) is 12.5. The number of hydrogen-bond acceptors (Lipinski definition) is 3. The normalized spacial score (nSPS) is 14.4. The van der Waals surface area contributed by atoms with Gasteiger partial charge in [0.25, 0.3) is 11.8 Å². The van der Waals surface area contributed by atoms with Gasteiger partial charge in [-0.1, -0.05) is 0 Å². The molecule has 26 heavy (non-hydrogen) atoms. The van der Waals surface area contributed by atoms with Gasteiger partial charge in [0.1, 0.15) is 5.75 Å². The lowest BCUT2D eigenvalue weighted by molar-refractivity contribution is 0.0535. The fraction of sp³-hybridized carbons (Fsp3) is 0.400. The van der Waals surface area contributed by atoms with E-state index >= 15 is 0 Å². The van der Waals surface area contributed by atoms with Crippen LogP contribution in [0.2, 0.25) is 0 Å². The number of nitrogens with zero attached hydrogens (tertiary/aromatic N) is 2. The van der Waals surface area contributed by atoms with E-state index < -0.39 is 0 Å². The molecule has 0 spiro atoms. The summed E-state index contributed by atoms with van der Waals surface area (Å²) in [5.74, 6) is 0.783. The van der Waals surface area contributed by atoms with Crippen LogP contribution < -0.4 is 4.74 Å². The van der Waals surface area contributed by atoms with E-state index in [0.717, 1.165) is 17.1 Å². The van der Waals surface area contributed by atoms with Crippen molar-refractivity contribution in [2.45, 2.75) is 20.8 Å². The van der Waals surface area contributed by atoms with Crippen molar-refractivity contribution >= 4 is 11.8 Å². The summed E-state index contributed by atoms with van der Waals surface area (Å²) in [5, 5.41) is 0. The summed E-state index contributed by atoms with van der Waals surface area (Å²) in [4.78, 5) is 32.1. The molecule has 2 amide bonds. The fourth-order valence-electron chi connectivity index (χ4n) is 3.27. The van der Waals surface area contributed by atoms with E-state index in [1.807, 2.05) is 43.9 Å². The third-order valence-electron chi connectivity index (χ3n) is 4.65. The second-order valence-electron chi connectivity index (χ2n) is 6.53. The van der Waals surface area contributed by atoms with Crippen LogP contribution in [0.3, 0.4) is 0 Å². The highest BCUT2D eigenvalue weighted by atomic mass is 16.5. The highest BCUT2D eigenvalue weighted by Gasteiger charge is 2.26. The van der Waals surface area contributed by atoms with E-state index in [9.17, 15) is 9.59 Å². The van der Waals surface area contributed by atoms with Gasteiger partial charge in [0, 0.05) is 43.1 Å². The first-order valence-electron chi connectivity index (χ1n) is 8.97. The number of aryl methyl sites for hydroxylation is 2. The number of H-pyrrole nitrogens is 1. The van der Waals surface area contributed by atoms with Gasteiger partial charge in [0.05, 0.1) is 12.2 Å². The molecule has 1 aliphatic heterocycles. The molecular formula is C20H25N3O3. The predicted molar refractivity (Wildman–Crippen MR) is 99.7 cm³/mol. The molecule has 0 saturated carbocycles. The monoisotopic (exact) mass is 355 g/mol. The molecule has 0 bridgehead atoms. The number of nitrogens with one attached hydrogen (secondary N) is 1. The molecule has 2 aromatic rings. The number of benzene rings is 1. The molecule has 0 unspecified atom stereocenters. The quantitative estimate of drug-likeness (QED) is 0.917. The third kappa shape index (κ3) is 3.74. The molecule has 0 aliphatic carbocycles. The number of piperazine rings is 1. The number of hydrogen-bond donors (Lipinski definition) is 1. The van der Waals surface area contributed by atoms with Gasteiger partial charge >= 0.3 is 0 Å². The van der Waals surface area contributed by atoms with Crippen molar-refractivity contribution in [3.63, 3.8) is 0 Å². The molecule has 1 saturated heterocycles. The number of aromatic amines is 1. The smallest absolute Gasteiger partial charge is 0.255 e. The van der Waals surface area contributed by atoms with Crippen molar-refractivity contribution in [2.24, 2.45) is 0 Å². The van der Waals surface area contributed by atoms with Crippen molar-refractivity contribution in [2.75, 3.05) is 32.8 Å². The molecule has 1 aliphatic rings. The number of carbonyl (C=O) groups is 2. The van der Waals surface area contributed by atoms with Crippen molar-refractivity contribution in [1.29, 1.82) is 0 Å². The Morgan fingerprint density at radius 3 is 2.08 bits per heavy atom. The van der Waals surface area contributed by atoms with Gasteiger partial charge in [-0.05, 0) is 51.1 Å². The van der Waals surface area contributed by atoms with Crippen LogP contribution in [0.5, 0.6) is 5.75 Å². The molecule has 3 rings (SSSR count). The van der Waals surface area contributed by atoms with E-state index in [4.69, 9.17) is 4.74 Å². The van der Waals surface area contributed by atoms with Crippen LogP contribution in [-0.2, 0) is 0 Å². The molecule has 6 heteroatoms. The van der Waals surface area contributed by atoms with Crippen LogP contribution in [0.15, 0.2) is 30.3 Å². The Hall–Kier alpha value is -2.76. The third-order valence-corrected chi connectivity index (χ3v) is 4.65. The fourth-order valence-corrected chi connectivity index (χ4v) is 3.27. The minimum Gasteiger partial charge on any atom is -0.494 e. The molecule has 2 heterocycles. The van der Waals surface area contributed by atoms with Crippen LogP contribution in [-0.4, -0.2) is 59.4 Å². The summed E-state index contributed by atoms with van der Waals surface area (Å²) >= 11 is 0. The largest absolute Gasteiger partial charge is 0.494 e. The van der Waals surface area contributed by atoms with Gasteiger partial charge in [0.2, 0.25) is 0 Å². The average molecular weight is 355 g/mol. The number of carbonyl (C=O) groups excluding carboxylic acids is 2. The van der Waals surface area contributed by atoms with Crippen molar-refractivity contribution < 1.29 is 14.3 Å². The Kier molecular flexibility index (Phi) is 5.30. The van der Waals surface area contributed by atoms with E-state index in [0.29, 0.717) is 43.9 Å². The average Bonchev–Trinajstić information content (AvgIpc) is 3.00. The molecule has 0 atom stereocenters. The second kappa shape index (κ2) is 7.64. The number of rotatable bonds is 4. The van der Waals surface area contributed by atoms with Crippen molar-refractivity contribution in [3.05, 3.63) is 52.8 Å². The molecule has 6 nitrogen and oxygen atoms in total. The van der Waals surface area contributed by atoms with Gasteiger partial charge in [0.15, 0.2) is 0 Å². The van der Waals surface area contributed by atoms with Crippen LogP contribution >= 0.6 is 0 Å². The summed E-state index contributed by atoms with van der Waals surface area (Å²) in [6.45, 7) is 8.56. The summed E-state index contributed by atoms with van der Waals surface area (Å²) in [6.07, 6.45) is 0. The minimum atomic E-state index is -0.00573. The predicted octanol–water partition coefficient (Wildman–Crippen LogP) is 2.63. The molecular weight excluding hydrogens is 330 g/mol. The Labute approximate surface area is 153 Å². The van der Waals surface area contributed by atoms with Crippen LogP contribution in [0.25, 0.3) is 0 Å². The van der Waals surface area contributed by atoms with Crippen LogP contribution in [0.1, 0.15) is 39.0 Å². The maximum Gasteiger partial charge on any atom is 0.255 e. The van der Waals surface area contributed by atoms with Crippen molar-refractivity contribution in [3.8, 4) is 5.75 Å². The van der Waals surface area contributed by atoms with E-state index in [2.05, 4.69) is 4.98 Å². The first kappa shape index (κ1) is 18.0. The summed E-state index contributed by atoms with van der Waals surface area (Å²) < 4.78 is 5.41. The summed E-state index contributed by atoms with van der Waals surface area (Å²) in [5.41, 5.74) is 3.23. The Balaban J connectivity index is 1.60. The zero-order valence-corrected chi connectivity index (χ0v) is 15.5. The minimum absolute atomic E-state index is 0.00573. The summed E-state index contributed by atoms with van der Waals surface area (Å²) in [7, 11) is 0. The standard InChI is InChI=1S/C20H25N3O3/c1-4-26-17-7-5-16(6-8-17)19(24)22-9-11-23(12-10-22)20(25)18-13-14(2)21-15(18)3/h5-8,13,21H,4,9-12H2,1-3H3. The lowest BCUT2D eigenvalue weighted by Gasteiger charge is -2.34.